The molecule has 0 aliphatic heterocycles. The molecule has 0 heterocycles. The first-order valence-electron chi connectivity index (χ1n) is 7.72. The average molecular weight is 320 g/mol. The Bertz CT molecular complexity index is 468. The van der Waals surface area contributed by atoms with Crippen molar-refractivity contribution in [1.29, 1.82) is 0 Å². The Morgan fingerprint density at radius 1 is 1.00 bits per heavy atom. The molecule has 4 aliphatic rings. The van der Waals surface area contributed by atoms with Crippen LogP contribution in [0.3, 0.4) is 0 Å². The van der Waals surface area contributed by atoms with Crippen molar-refractivity contribution in [2.75, 3.05) is 5.32 Å². The second kappa shape index (κ2) is 4.51. The highest BCUT2D eigenvalue weighted by atomic mass is 79.9. The van der Waals surface area contributed by atoms with Crippen molar-refractivity contribution >= 4 is 21.6 Å². The third kappa shape index (κ3) is 2.03. The Kier molecular flexibility index (Phi) is 2.91. The molecule has 1 aromatic rings. The summed E-state index contributed by atoms with van der Waals surface area (Å²) in [6.45, 7) is 2.21. The molecule has 2 heteroatoms. The Labute approximate surface area is 124 Å². The first-order chi connectivity index (χ1) is 9.20. The fourth-order valence-electron chi connectivity index (χ4n) is 5.10. The highest BCUT2D eigenvalue weighted by molar-refractivity contribution is 9.10. The van der Waals surface area contributed by atoms with Crippen LogP contribution in [0.25, 0.3) is 0 Å². The van der Waals surface area contributed by atoms with Crippen molar-refractivity contribution in [3.63, 3.8) is 0 Å². The normalized spacial score (nSPS) is 39.6. The maximum atomic E-state index is 3.90. The van der Waals surface area contributed by atoms with Gasteiger partial charge in [0, 0.05) is 16.2 Å². The minimum Gasteiger partial charge on any atom is -0.382 e. The van der Waals surface area contributed by atoms with Crippen LogP contribution in [0.15, 0.2) is 22.7 Å². The van der Waals surface area contributed by atoms with Gasteiger partial charge in [-0.25, -0.2) is 0 Å². The van der Waals surface area contributed by atoms with Gasteiger partial charge in [-0.1, -0.05) is 22.0 Å². The number of halogens is 1. The van der Waals surface area contributed by atoms with Crippen molar-refractivity contribution < 1.29 is 0 Å². The van der Waals surface area contributed by atoms with Crippen molar-refractivity contribution in [3.8, 4) is 0 Å². The molecule has 0 spiro atoms. The van der Waals surface area contributed by atoms with Crippen molar-refractivity contribution in [2.45, 2.75) is 45.1 Å². The summed E-state index contributed by atoms with van der Waals surface area (Å²) in [4.78, 5) is 0. The van der Waals surface area contributed by atoms with Gasteiger partial charge in [0.05, 0.1) is 0 Å². The third-order valence-corrected chi connectivity index (χ3v) is 6.68. The molecule has 4 fully saturated rings. The van der Waals surface area contributed by atoms with Gasteiger partial charge in [0.15, 0.2) is 0 Å². The molecule has 4 saturated carbocycles. The van der Waals surface area contributed by atoms with Crippen LogP contribution in [0.2, 0.25) is 0 Å². The van der Waals surface area contributed by atoms with Crippen LogP contribution in [0.1, 0.15) is 37.7 Å². The zero-order valence-corrected chi connectivity index (χ0v) is 13.1. The lowest BCUT2D eigenvalue weighted by Gasteiger charge is -2.54. The van der Waals surface area contributed by atoms with E-state index in [1.807, 2.05) is 0 Å². The van der Waals surface area contributed by atoms with Gasteiger partial charge in [-0.2, -0.15) is 0 Å². The van der Waals surface area contributed by atoms with Gasteiger partial charge in [-0.15, -0.1) is 0 Å². The Morgan fingerprint density at radius 2 is 1.63 bits per heavy atom. The van der Waals surface area contributed by atoms with E-state index in [2.05, 4.69) is 46.4 Å². The smallest absolute Gasteiger partial charge is 0.0383 e. The van der Waals surface area contributed by atoms with E-state index >= 15 is 0 Å². The molecule has 1 N–H and O–H groups in total. The molecular formula is C17H22BrN. The predicted octanol–water partition coefficient (Wildman–Crippen LogP) is 4.99. The highest BCUT2D eigenvalue weighted by Gasteiger charge is 2.48. The Morgan fingerprint density at radius 3 is 2.26 bits per heavy atom. The summed E-state index contributed by atoms with van der Waals surface area (Å²) in [5, 5.41) is 3.90. The van der Waals surface area contributed by atoms with Crippen LogP contribution in [0.5, 0.6) is 0 Å². The molecule has 0 amide bonds. The van der Waals surface area contributed by atoms with Gasteiger partial charge in [-0.05, 0) is 80.4 Å². The molecule has 19 heavy (non-hydrogen) atoms. The molecule has 1 aromatic carbocycles. The van der Waals surface area contributed by atoms with Crippen LogP contribution in [0.4, 0.5) is 5.69 Å². The topological polar surface area (TPSA) is 12.0 Å². The largest absolute Gasteiger partial charge is 0.382 e. The van der Waals surface area contributed by atoms with Crippen molar-refractivity contribution in [3.05, 3.63) is 28.2 Å². The van der Waals surface area contributed by atoms with Crippen LogP contribution in [0, 0.1) is 30.6 Å². The summed E-state index contributed by atoms with van der Waals surface area (Å²) in [6.07, 6.45) is 7.47. The zero-order chi connectivity index (χ0) is 13.0. The molecule has 0 unspecified atom stereocenters. The summed E-state index contributed by atoms with van der Waals surface area (Å²) >= 11 is 3.65. The maximum Gasteiger partial charge on any atom is 0.0383 e. The van der Waals surface area contributed by atoms with E-state index < -0.39 is 0 Å². The van der Waals surface area contributed by atoms with Gasteiger partial charge in [0.25, 0.3) is 0 Å². The summed E-state index contributed by atoms with van der Waals surface area (Å²) in [6, 6.07) is 7.26. The number of anilines is 1. The summed E-state index contributed by atoms with van der Waals surface area (Å²) in [5.74, 6) is 4.00. The zero-order valence-electron chi connectivity index (χ0n) is 11.5. The van der Waals surface area contributed by atoms with E-state index in [9.17, 15) is 0 Å². The number of hydrogen-bond acceptors (Lipinski definition) is 1. The lowest BCUT2D eigenvalue weighted by molar-refractivity contribution is 0.00752. The molecule has 0 aromatic heterocycles. The van der Waals surface area contributed by atoms with Gasteiger partial charge < -0.3 is 5.32 Å². The summed E-state index contributed by atoms with van der Waals surface area (Å²) in [7, 11) is 0. The van der Waals surface area contributed by atoms with Crippen LogP contribution in [-0.2, 0) is 0 Å². The van der Waals surface area contributed by atoms with Crippen molar-refractivity contribution in [1.82, 2.24) is 0 Å². The van der Waals surface area contributed by atoms with Gasteiger partial charge >= 0.3 is 0 Å². The summed E-state index contributed by atoms with van der Waals surface area (Å²) < 4.78 is 1.22. The second-order valence-corrected chi connectivity index (χ2v) is 7.87. The fourth-order valence-corrected chi connectivity index (χ4v) is 5.47. The van der Waals surface area contributed by atoms with Gasteiger partial charge in [0.1, 0.15) is 0 Å². The van der Waals surface area contributed by atoms with Crippen LogP contribution >= 0.6 is 15.9 Å². The second-order valence-electron chi connectivity index (χ2n) is 7.01. The van der Waals surface area contributed by atoms with Gasteiger partial charge in [0.2, 0.25) is 0 Å². The predicted molar refractivity (Wildman–Crippen MR) is 83.3 cm³/mol. The minimum atomic E-state index is 0.737. The maximum absolute atomic E-state index is 3.90. The first-order valence-corrected chi connectivity index (χ1v) is 8.51. The molecular weight excluding hydrogens is 298 g/mol. The molecule has 0 atom stereocenters. The van der Waals surface area contributed by atoms with Crippen LogP contribution < -0.4 is 5.32 Å². The number of benzene rings is 1. The monoisotopic (exact) mass is 319 g/mol. The van der Waals surface area contributed by atoms with E-state index in [1.165, 1.54) is 47.8 Å². The lowest BCUT2D eigenvalue weighted by Crippen LogP contribution is -2.51. The lowest BCUT2D eigenvalue weighted by atomic mass is 9.54. The SMILES string of the molecule is Cc1c(Br)cccc1NC1C2CC3CC(C2)CC1C3. The van der Waals surface area contributed by atoms with Crippen LogP contribution in [-0.4, -0.2) is 6.04 Å². The molecule has 0 radical (unpaired) electrons. The third-order valence-electron chi connectivity index (χ3n) is 5.82. The quantitative estimate of drug-likeness (QED) is 0.809. The molecule has 102 valence electrons. The van der Waals surface area contributed by atoms with Crippen molar-refractivity contribution in [2.24, 2.45) is 23.7 Å². The summed E-state index contributed by atoms with van der Waals surface area (Å²) in [5.41, 5.74) is 2.70. The first kappa shape index (κ1) is 12.3. The van der Waals surface area contributed by atoms with E-state index in [-0.39, 0.29) is 0 Å². The standard InChI is InChI=1S/C17H22BrN/c1-10-15(18)3-2-4-16(10)19-17-13-6-11-5-12(8-13)9-14(17)7-11/h2-4,11-14,17,19H,5-9H2,1H3. The van der Waals surface area contributed by atoms with E-state index in [4.69, 9.17) is 0 Å². The van der Waals surface area contributed by atoms with E-state index in [0.29, 0.717) is 0 Å². The Hall–Kier alpha value is -0.500. The van der Waals surface area contributed by atoms with E-state index in [0.717, 1.165) is 29.7 Å². The molecule has 4 bridgehead atoms. The minimum absolute atomic E-state index is 0.737. The molecule has 0 saturated heterocycles. The fraction of sp³-hybridized carbons (Fsp3) is 0.647. The Balaban J connectivity index is 1.58. The average Bonchev–Trinajstić information content (AvgIpc) is 2.38. The number of hydrogen-bond donors (Lipinski definition) is 1. The number of rotatable bonds is 2. The molecule has 5 rings (SSSR count). The molecule has 1 nitrogen and oxygen atoms in total. The number of nitrogens with one attached hydrogen (secondary N) is 1. The van der Waals surface area contributed by atoms with Gasteiger partial charge in [-0.3, -0.25) is 0 Å². The van der Waals surface area contributed by atoms with E-state index in [1.54, 1.807) is 0 Å². The highest BCUT2D eigenvalue weighted by Crippen LogP contribution is 2.54. The molecule has 4 aliphatic carbocycles.